The topological polar surface area (TPSA) is 17.1 Å². The molecule has 0 radical (unpaired) electrons. The SMILES string of the molecule is C=CC/C=C/C(=O)c1ccccc1. The Balaban J connectivity index is 2.64. The summed E-state index contributed by atoms with van der Waals surface area (Å²) in [6.45, 7) is 3.57. The summed E-state index contributed by atoms with van der Waals surface area (Å²) in [5.41, 5.74) is 0.725. The van der Waals surface area contributed by atoms with Crippen LogP contribution in [0, 0.1) is 0 Å². The summed E-state index contributed by atoms with van der Waals surface area (Å²) < 4.78 is 0. The Bertz CT molecular complexity index is 309. The Labute approximate surface area is 78.4 Å². The van der Waals surface area contributed by atoms with Crippen LogP contribution in [-0.4, -0.2) is 5.78 Å². The van der Waals surface area contributed by atoms with E-state index in [-0.39, 0.29) is 5.78 Å². The number of carbonyl (C=O) groups excluding carboxylic acids is 1. The minimum Gasteiger partial charge on any atom is -0.289 e. The number of benzene rings is 1. The quantitative estimate of drug-likeness (QED) is 0.387. The molecule has 0 fully saturated rings. The third-order valence-electron chi connectivity index (χ3n) is 1.63. The van der Waals surface area contributed by atoms with E-state index in [2.05, 4.69) is 6.58 Å². The number of carbonyl (C=O) groups is 1. The van der Waals surface area contributed by atoms with Crippen molar-refractivity contribution in [1.29, 1.82) is 0 Å². The van der Waals surface area contributed by atoms with Gasteiger partial charge >= 0.3 is 0 Å². The Hall–Kier alpha value is -1.63. The Morgan fingerprint density at radius 2 is 2.00 bits per heavy atom. The summed E-state index contributed by atoms with van der Waals surface area (Å²) >= 11 is 0. The Kier molecular flexibility index (Phi) is 3.71. The first-order chi connectivity index (χ1) is 6.34. The van der Waals surface area contributed by atoms with Crippen LogP contribution < -0.4 is 0 Å². The average molecular weight is 172 g/mol. The monoisotopic (exact) mass is 172 g/mol. The highest BCUT2D eigenvalue weighted by Gasteiger charge is 1.97. The van der Waals surface area contributed by atoms with Gasteiger partial charge in [0.2, 0.25) is 0 Å². The van der Waals surface area contributed by atoms with E-state index < -0.39 is 0 Å². The van der Waals surface area contributed by atoms with Gasteiger partial charge in [-0.1, -0.05) is 42.5 Å². The molecule has 1 nitrogen and oxygen atoms in total. The number of rotatable bonds is 4. The van der Waals surface area contributed by atoms with Crippen LogP contribution in [0.5, 0.6) is 0 Å². The molecule has 0 N–H and O–H groups in total. The number of hydrogen-bond donors (Lipinski definition) is 0. The molecule has 0 aliphatic carbocycles. The largest absolute Gasteiger partial charge is 0.289 e. The van der Waals surface area contributed by atoms with Gasteiger partial charge < -0.3 is 0 Å². The van der Waals surface area contributed by atoms with Crippen LogP contribution in [0.1, 0.15) is 16.8 Å². The number of hydrogen-bond acceptors (Lipinski definition) is 1. The lowest BCUT2D eigenvalue weighted by Gasteiger charge is -1.92. The van der Waals surface area contributed by atoms with Gasteiger partial charge in [0.15, 0.2) is 5.78 Å². The molecule has 0 spiro atoms. The van der Waals surface area contributed by atoms with Crippen molar-refractivity contribution < 1.29 is 4.79 Å². The van der Waals surface area contributed by atoms with Crippen LogP contribution in [0.4, 0.5) is 0 Å². The second kappa shape index (κ2) is 5.09. The Morgan fingerprint density at radius 3 is 2.62 bits per heavy atom. The maximum absolute atomic E-state index is 11.4. The lowest BCUT2D eigenvalue weighted by molar-refractivity contribution is 0.104. The van der Waals surface area contributed by atoms with Crippen molar-refractivity contribution in [2.24, 2.45) is 0 Å². The van der Waals surface area contributed by atoms with E-state index in [1.54, 1.807) is 24.3 Å². The molecule has 0 bridgehead atoms. The summed E-state index contributed by atoms with van der Waals surface area (Å²) in [4.78, 5) is 11.4. The first-order valence-electron chi connectivity index (χ1n) is 4.21. The molecule has 0 aliphatic heterocycles. The molecule has 0 aromatic heterocycles. The molecular weight excluding hydrogens is 160 g/mol. The minimum atomic E-state index is 0.0439. The second-order valence-corrected chi connectivity index (χ2v) is 2.66. The molecule has 1 rings (SSSR count). The molecule has 0 saturated heterocycles. The molecule has 0 amide bonds. The van der Waals surface area contributed by atoms with E-state index in [1.165, 1.54) is 0 Å². The van der Waals surface area contributed by atoms with Gasteiger partial charge in [-0.2, -0.15) is 0 Å². The molecule has 0 atom stereocenters. The fourth-order valence-corrected chi connectivity index (χ4v) is 0.970. The van der Waals surface area contributed by atoms with Gasteiger partial charge in [-0.05, 0) is 12.5 Å². The molecule has 1 aromatic carbocycles. The van der Waals surface area contributed by atoms with E-state index >= 15 is 0 Å². The van der Waals surface area contributed by atoms with Crippen molar-refractivity contribution in [2.45, 2.75) is 6.42 Å². The van der Waals surface area contributed by atoms with E-state index in [0.717, 1.165) is 12.0 Å². The molecule has 0 heterocycles. The van der Waals surface area contributed by atoms with Gasteiger partial charge in [0.1, 0.15) is 0 Å². The van der Waals surface area contributed by atoms with E-state index in [0.29, 0.717) is 0 Å². The molecular formula is C12H12O. The highest BCUT2D eigenvalue weighted by molar-refractivity contribution is 6.04. The predicted octanol–water partition coefficient (Wildman–Crippen LogP) is 3.00. The van der Waals surface area contributed by atoms with E-state index in [9.17, 15) is 4.79 Å². The molecule has 0 aliphatic rings. The first-order valence-corrected chi connectivity index (χ1v) is 4.21. The van der Waals surface area contributed by atoms with Crippen LogP contribution in [0.25, 0.3) is 0 Å². The van der Waals surface area contributed by atoms with Gasteiger partial charge in [-0.15, -0.1) is 6.58 Å². The number of ketones is 1. The fraction of sp³-hybridized carbons (Fsp3) is 0.0833. The summed E-state index contributed by atoms with van der Waals surface area (Å²) in [7, 11) is 0. The van der Waals surface area contributed by atoms with Gasteiger partial charge in [-0.25, -0.2) is 0 Å². The predicted molar refractivity (Wildman–Crippen MR) is 54.7 cm³/mol. The Morgan fingerprint density at radius 1 is 1.31 bits per heavy atom. The van der Waals surface area contributed by atoms with Crippen LogP contribution in [0.2, 0.25) is 0 Å². The first kappa shape index (κ1) is 9.46. The van der Waals surface area contributed by atoms with Crippen LogP contribution in [-0.2, 0) is 0 Å². The van der Waals surface area contributed by atoms with Crippen molar-refractivity contribution in [3.05, 3.63) is 60.7 Å². The summed E-state index contributed by atoms with van der Waals surface area (Å²) in [5.74, 6) is 0.0439. The molecule has 66 valence electrons. The van der Waals surface area contributed by atoms with E-state index in [4.69, 9.17) is 0 Å². The second-order valence-electron chi connectivity index (χ2n) is 2.66. The van der Waals surface area contributed by atoms with Crippen molar-refractivity contribution >= 4 is 5.78 Å². The molecule has 1 aromatic rings. The van der Waals surface area contributed by atoms with Gasteiger partial charge in [0.05, 0.1) is 0 Å². The average Bonchev–Trinajstić information content (AvgIpc) is 2.19. The normalized spacial score (nSPS) is 10.2. The zero-order valence-electron chi connectivity index (χ0n) is 7.44. The third-order valence-corrected chi connectivity index (χ3v) is 1.63. The van der Waals surface area contributed by atoms with Crippen molar-refractivity contribution in [3.8, 4) is 0 Å². The van der Waals surface area contributed by atoms with E-state index in [1.807, 2.05) is 24.3 Å². The third kappa shape index (κ3) is 3.08. The molecule has 13 heavy (non-hydrogen) atoms. The van der Waals surface area contributed by atoms with Gasteiger partial charge in [0.25, 0.3) is 0 Å². The van der Waals surface area contributed by atoms with Gasteiger partial charge in [-0.3, -0.25) is 4.79 Å². The fourth-order valence-electron chi connectivity index (χ4n) is 0.970. The summed E-state index contributed by atoms with van der Waals surface area (Å²) in [6.07, 6.45) is 5.88. The maximum Gasteiger partial charge on any atom is 0.185 e. The molecule has 1 heteroatoms. The summed E-state index contributed by atoms with van der Waals surface area (Å²) in [5, 5.41) is 0. The highest BCUT2D eigenvalue weighted by atomic mass is 16.1. The smallest absolute Gasteiger partial charge is 0.185 e. The highest BCUT2D eigenvalue weighted by Crippen LogP contribution is 2.00. The zero-order chi connectivity index (χ0) is 9.52. The zero-order valence-corrected chi connectivity index (χ0v) is 7.44. The van der Waals surface area contributed by atoms with Crippen LogP contribution in [0.3, 0.4) is 0 Å². The van der Waals surface area contributed by atoms with Crippen molar-refractivity contribution in [3.63, 3.8) is 0 Å². The summed E-state index contributed by atoms with van der Waals surface area (Å²) in [6, 6.07) is 9.22. The maximum atomic E-state index is 11.4. The number of allylic oxidation sites excluding steroid dienone is 3. The van der Waals surface area contributed by atoms with Crippen molar-refractivity contribution in [1.82, 2.24) is 0 Å². The minimum absolute atomic E-state index is 0.0439. The van der Waals surface area contributed by atoms with Gasteiger partial charge in [0, 0.05) is 5.56 Å². The van der Waals surface area contributed by atoms with Crippen LogP contribution in [0.15, 0.2) is 55.1 Å². The molecule has 0 unspecified atom stereocenters. The lowest BCUT2D eigenvalue weighted by atomic mass is 10.1. The molecule has 0 saturated carbocycles. The lowest BCUT2D eigenvalue weighted by Crippen LogP contribution is -1.92. The van der Waals surface area contributed by atoms with Crippen molar-refractivity contribution in [2.75, 3.05) is 0 Å². The standard InChI is InChI=1S/C12H12O/c1-2-3-5-10-12(13)11-8-6-4-7-9-11/h2,4-10H,1,3H2/b10-5+. The van der Waals surface area contributed by atoms with Crippen LogP contribution >= 0.6 is 0 Å².